The van der Waals surface area contributed by atoms with E-state index in [1.54, 1.807) is 0 Å². The maximum absolute atomic E-state index is 12.1. The normalized spacial score (nSPS) is 13.2. The van der Waals surface area contributed by atoms with Crippen LogP contribution in [0.15, 0.2) is 24.3 Å². The zero-order valence-corrected chi connectivity index (χ0v) is 13.2. The summed E-state index contributed by atoms with van der Waals surface area (Å²) in [7, 11) is 0. The fourth-order valence-corrected chi connectivity index (χ4v) is 2.05. The van der Waals surface area contributed by atoms with Gasteiger partial charge in [-0.25, -0.2) is 0 Å². The van der Waals surface area contributed by atoms with Gasteiger partial charge in [-0.05, 0) is 58.7 Å². The molecule has 1 amide bonds. The highest BCUT2D eigenvalue weighted by atomic mass is 127. The Hall–Kier alpha value is -0.620. The number of hydrogen-bond acceptors (Lipinski definition) is 2. The van der Waals surface area contributed by atoms with Gasteiger partial charge >= 0.3 is 0 Å². The van der Waals surface area contributed by atoms with Gasteiger partial charge in [0.1, 0.15) is 0 Å². The average molecular weight is 361 g/mol. The molecule has 0 spiro atoms. The van der Waals surface area contributed by atoms with E-state index in [1.165, 1.54) is 0 Å². The predicted octanol–water partition coefficient (Wildman–Crippen LogP) is 2.82. The molecule has 0 saturated heterocycles. The highest BCUT2D eigenvalue weighted by molar-refractivity contribution is 14.1. The van der Waals surface area contributed by atoms with E-state index in [2.05, 4.69) is 48.7 Å². The standard InChI is InChI=1S/C14H20INO2/c1-14(2,3)12(8-9-17)16-13(18)10-4-6-11(15)7-5-10/h4-7,12,17H,8-9H2,1-3H3,(H,16,18). The molecule has 3 nitrogen and oxygen atoms in total. The van der Waals surface area contributed by atoms with Gasteiger partial charge in [-0.2, -0.15) is 0 Å². The molecular weight excluding hydrogens is 341 g/mol. The van der Waals surface area contributed by atoms with E-state index >= 15 is 0 Å². The van der Waals surface area contributed by atoms with Crippen LogP contribution in [0, 0.1) is 8.99 Å². The Morgan fingerprint density at radius 3 is 2.33 bits per heavy atom. The highest BCUT2D eigenvalue weighted by Gasteiger charge is 2.25. The van der Waals surface area contributed by atoms with Crippen LogP contribution >= 0.6 is 22.6 Å². The van der Waals surface area contributed by atoms with Crippen molar-refractivity contribution < 1.29 is 9.90 Å². The quantitative estimate of drug-likeness (QED) is 0.811. The Morgan fingerprint density at radius 2 is 1.89 bits per heavy atom. The summed E-state index contributed by atoms with van der Waals surface area (Å²) in [6.45, 7) is 6.25. The molecule has 0 radical (unpaired) electrons. The Kier molecular flexibility index (Phi) is 5.59. The minimum absolute atomic E-state index is 0.0331. The monoisotopic (exact) mass is 361 g/mol. The third-order valence-electron chi connectivity index (χ3n) is 2.87. The number of carbonyl (C=O) groups excluding carboxylic acids is 1. The fraction of sp³-hybridized carbons (Fsp3) is 0.500. The van der Waals surface area contributed by atoms with Crippen molar-refractivity contribution >= 4 is 28.5 Å². The molecule has 0 bridgehead atoms. The zero-order valence-electron chi connectivity index (χ0n) is 11.0. The minimum atomic E-state index is -0.0835. The Balaban J connectivity index is 2.75. The van der Waals surface area contributed by atoms with E-state index in [1.807, 2.05) is 24.3 Å². The number of hydrogen-bond donors (Lipinski definition) is 2. The second-order valence-corrected chi connectivity index (χ2v) is 6.66. The third kappa shape index (κ3) is 4.57. The van der Waals surface area contributed by atoms with Crippen LogP contribution in [0.2, 0.25) is 0 Å². The van der Waals surface area contributed by atoms with Crippen LogP contribution in [0.1, 0.15) is 37.6 Å². The van der Waals surface area contributed by atoms with E-state index in [0.717, 1.165) is 3.57 Å². The van der Waals surface area contributed by atoms with Crippen molar-refractivity contribution in [1.29, 1.82) is 0 Å². The lowest BCUT2D eigenvalue weighted by Crippen LogP contribution is -2.44. The number of benzene rings is 1. The van der Waals surface area contributed by atoms with Gasteiger partial charge in [0.05, 0.1) is 0 Å². The van der Waals surface area contributed by atoms with Crippen molar-refractivity contribution in [2.45, 2.75) is 33.2 Å². The number of rotatable bonds is 4. The molecule has 0 aliphatic heterocycles. The number of carbonyl (C=O) groups is 1. The molecular formula is C14H20INO2. The lowest BCUT2D eigenvalue weighted by Gasteiger charge is -2.31. The van der Waals surface area contributed by atoms with E-state index < -0.39 is 0 Å². The van der Waals surface area contributed by atoms with Crippen LogP contribution in [-0.2, 0) is 0 Å². The molecule has 1 aromatic carbocycles. The molecule has 1 rings (SSSR count). The zero-order chi connectivity index (χ0) is 13.8. The molecule has 100 valence electrons. The van der Waals surface area contributed by atoms with Gasteiger partial charge in [-0.3, -0.25) is 4.79 Å². The van der Waals surface area contributed by atoms with Crippen LogP contribution < -0.4 is 5.32 Å². The summed E-state index contributed by atoms with van der Waals surface area (Å²) in [5.41, 5.74) is 0.587. The van der Waals surface area contributed by atoms with Gasteiger partial charge in [-0.15, -0.1) is 0 Å². The van der Waals surface area contributed by atoms with Gasteiger partial charge in [-0.1, -0.05) is 20.8 Å². The first-order valence-corrected chi connectivity index (χ1v) is 7.10. The molecule has 0 aliphatic rings. The van der Waals surface area contributed by atoms with E-state index in [4.69, 9.17) is 5.11 Å². The minimum Gasteiger partial charge on any atom is -0.396 e. The van der Waals surface area contributed by atoms with E-state index in [0.29, 0.717) is 12.0 Å². The third-order valence-corrected chi connectivity index (χ3v) is 3.59. The second kappa shape index (κ2) is 6.52. The van der Waals surface area contributed by atoms with Crippen LogP contribution in [-0.4, -0.2) is 23.7 Å². The largest absolute Gasteiger partial charge is 0.396 e. The summed E-state index contributed by atoms with van der Waals surface area (Å²) >= 11 is 2.21. The van der Waals surface area contributed by atoms with Gasteiger partial charge in [0.2, 0.25) is 0 Å². The maximum atomic E-state index is 12.1. The molecule has 0 aromatic heterocycles. The first-order valence-electron chi connectivity index (χ1n) is 6.02. The number of halogens is 1. The molecule has 1 aromatic rings. The molecule has 2 N–H and O–H groups in total. The summed E-state index contributed by atoms with van der Waals surface area (Å²) in [6.07, 6.45) is 0.569. The Bertz CT molecular complexity index is 395. The summed E-state index contributed by atoms with van der Waals surface area (Å²) in [5, 5.41) is 12.1. The molecule has 1 unspecified atom stereocenters. The van der Waals surface area contributed by atoms with Crippen molar-refractivity contribution in [3.05, 3.63) is 33.4 Å². The van der Waals surface area contributed by atoms with E-state index in [-0.39, 0.29) is 24.0 Å². The first kappa shape index (κ1) is 15.4. The van der Waals surface area contributed by atoms with Crippen LogP contribution in [0.25, 0.3) is 0 Å². The maximum Gasteiger partial charge on any atom is 0.251 e. The Labute approximate surface area is 122 Å². The van der Waals surface area contributed by atoms with Gasteiger partial charge in [0.15, 0.2) is 0 Å². The summed E-state index contributed by atoms with van der Waals surface area (Å²) in [4.78, 5) is 12.1. The number of aliphatic hydroxyl groups excluding tert-OH is 1. The van der Waals surface area contributed by atoms with Crippen molar-refractivity contribution in [3.63, 3.8) is 0 Å². The predicted molar refractivity (Wildman–Crippen MR) is 81.6 cm³/mol. The summed E-state index contributed by atoms with van der Waals surface area (Å²) in [6, 6.07) is 7.42. The molecule has 0 aliphatic carbocycles. The number of amides is 1. The summed E-state index contributed by atoms with van der Waals surface area (Å²) < 4.78 is 1.10. The van der Waals surface area contributed by atoms with Crippen LogP contribution in [0.5, 0.6) is 0 Å². The van der Waals surface area contributed by atoms with Crippen molar-refractivity contribution in [1.82, 2.24) is 5.32 Å². The lowest BCUT2D eigenvalue weighted by molar-refractivity contribution is 0.0885. The van der Waals surface area contributed by atoms with E-state index in [9.17, 15) is 4.79 Å². The van der Waals surface area contributed by atoms with Crippen LogP contribution in [0.3, 0.4) is 0 Å². The number of aliphatic hydroxyl groups is 1. The van der Waals surface area contributed by atoms with Crippen molar-refractivity contribution in [2.75, 3.05) is 6.61 Å². The van der Waals surface area contributed by atoms with Crippen molar-refractivity contribution in [3.8, 4) is 0 Å². The first-order chi connectivity index (χ1) is 8.34. The van der Waals surface area contributed by atoms with Gasteiger partial charge < -0.3 is 10.4 Å². The molecule has 1 atom stereocenters. The van der Waals surface area contributed by atoms with Crippen LogP contribution in [0.4, 0.5) is 0 Å². The second-order valence-electron chi connectivity index (χ2n) is 5.41. The Morgan fingerprint density at radius 1 is 1.33 bits per heavy atom. The lowest BCUT2D eigenvalue weighted by atomic mass is 9.85. The fourth-order valence-electron chi connectivity index (χ4n) is 1.69. The smallest absolute Gasteiger partial charge is 0.251 e. The molecule has 0 saturated carbocycles. The molecule has 4 heteroatoms. The SMILES string of the molecule is CC(C)(C)C(CCO)NC(=O)c1ccc(I)cc1. The number of nitrogens with one attached hydrogen (secondary N) is 1. The molecule has 0 fully saturated rings. The van der Waals surface area contributed by atoms with Crippen molar-refractivity contribution in [2.24, 2.45) is 5.41 Å². The average Bonchev–Trinajstić information content (AvgIpc) is 2.28. The molecule has 18 heavy (non-hydrogen) atoms. The summed E-state index contributed by atoms with van der Waals surface area (Å²) in [5.74, 6) is -0.0835. The molecule has 0 heterocycles. The van der Waals surface area contributed by atoms with Gasteiger partial charge in [0.25, 0.3) is 5.91 Å². The topological polar surface area (TPSA) is 49.3 Å². The highest BCUT2D eigenvalue weighted by Crippen LogP contribution is 2.22. The van der Waals surface area contributed by atoms with Gasteiger partial charge in [0, 0.05) is 21.8 Å².